The molecule has 3 aromatic carbocycles. The minimum absolute atomic E-state index is 0.126. The number of halogens is 1. The maximum absolute atomic E-state index is 13.5. The number of aliphatic hydroxyl groups is 1. The van der Waals surface area contributed by atoms with Crippen molar-refractivity contribution >= 4 is 39.2 Å². The quantitative estimate of drug-likeness (QED) is 0.450. The van der Waals surface area contributed by atoms with Crippen molar-refractivity contribution in [3.05, 3.63) is 89.4 Å². The molecule has 8 heteroatoms. The molecule has 0 spiro atoms. The van der Waals surface area contributed by atoms with Gasteiger partial charge in [0.1, 0.15) is 5.25 Å². The van der Waals surface area contributed by atoms with Gasteiger partial charge in [-0.3, -0.25) is 0 Å². The maximum atomic E-state index is 13.5. The first-order chi connectivity index (χ1) is 14.7. The van der Waals surface area contributed by atoms with Crippen LogP contribution in [0, 0.1) is 0 Å². The van der Waals surface area contributed by atoms with Crippen molar-refractivity contribution < 1.29 is 23.4 Å². The first kappa shape index (κ1) is 23.3. The summed E-state index contributed by atoms with van der Waals surface area (Å²) in [7, 11) is -4.28. The lowest BCUT2D eigenvalue weighted by molar-refractivity contribution is -0.149. The molecule has 2 N–H and O–H groups in total. The number of sulfone groups is 1. The highest BCUT2D eigenvalue weighted by molar-refractivity contribution is 8.02. The Hall–Kier alpha value is -2.32. The molecule has 2 atom stereocenters. The molecule has 0 aliphatic carbocycles. The lowest BCUT2D eigenvalue weighted by atomic mass is 10.1. The number of carbonyl (C=O) groups is 1. The van der Waals surface area contributed by atoms with Gasteiger partial charge in [-0.1, -0.05) is 78.3 Å². The first-order valence-corrected chi connectivity index (χ1v) is 12.3. The summed E-state index contributed by atoms with van der Waals surface area (Å²) < 4.78 is 27.1. The minimum Gasteiger partial charge on any atom is -0.478 e. The zero-order valence-electron chi connectivity index (χ0n) is 16.6. The second-order valence-corrected chi connectivity index (χ2v) is 10.8. The Morgan fingerprint density at radius 1 is 1.03 bits per heavy atom. The highest BCUT2D eigenvalue weighted by Gasteiger charge is 2.50. The number of aliphatic carboxylic acids is 1. The lowest BCUT2D eigenvalue weighted by Gasteiger charge is -2.29. The minimum atomic E-state index is -4.28. The van der Waals surface area contributed by atoms with Crippen LogP contribution in [-0.4, -0.2) is 34.8 Å². The molecule has 2 unspecified atom stereocenters. The van der Waals surface area contributed by atoms with E-state index in [9.17, 15) is 23.4 Å². The van der Waals surface area contributed by atoms with Crippen molar-refractivity contribution in [1.29, 1.82) is 0 Å². The second kappa shape index (κ2) is 9.44. The topological polar surface area (TPSA) is 91.7 Å². The highest BCUT2D eigenvalue weighted by Crippen LogP contribution is 2.39. The van der Waals surface area contributed by atoms with Crippen molar-refractivity contribution in [3.63, 3.8) is 0 Å². The summed E-state index contributed by atoms with van der Waals surface area (Å²) >= 11 is 6.75. The van der Waals surface area contributed by atoms with E-state index < -0.39 is 26.0 Å². The Bertz CT molecular complexity index is 1170. The van der Waals surface area contributed by atoms with Crippen LogP contribution in [0.2, 0.25) is 5.02 Å². The fourth-order valence-corrected chi connectivity index (χ4v) is 6.55. The molecule has 3 rings (SSSR count). The summed E-state index contributed by atoms with van der Waals surface area (Å²) in [4.78, 5) is 9.33. The van der Waals surface area contributed by atoms with Crippen LogP contribution in [0.15, 0.2) is 83.8 Å². The lowest BCUT2D eigenvalue weighted by Crippen LogP contribution is -2.49. The molecule has 0 amide bonds. The molecular formula is C23H21ClO5S2. The fraction of sp³-hybridized carbons (Fsp3) is 0.174. The third-order valence-corrected chi connectivity index (χ3v) is 9.01. The fourth-order valence-electron chi connectivity index (χ4n) is 3.11. The summed E-state index contributed by atoms with van der Waals surface area (Å²) in [5, 5.41) is 19.3. The number of hydrogen-bond donors (Lipinski definition) is 2. The van der Waals surface area contributed by atoms with E-state index in [0.717, 1.165) is 5.56 Å². The van der Waals surface area contributed by atoms with Crippen molar-refractivity contribution in [1.82, 2.24) is 0 Å². The van der Waals surface area contributed by atoms with Gasteiger partial charge in [0.25, 0.3) is 0 Å². The van der Waals surface area contributed by atoms with Gasteiger partial charge in [-0.05, 0) is 30.2 Å². The summed E-state index contributed by atoms with van der Waals surface area (Å²) in [5.41, 5.74) is 1.79. The number of benzene rings is 3. The van der Waals surface area contributed by atoms with Crippen LogP contribution in [0.3, 0.4) is 0 Å². The van der Waals surface area contributed by atoms with Crippen LogP contribution in [0.25, 0.3) is 11.1 Å². The van der Waals surface area contributed by atoms with Gasteiger partial charge in [-0.25, -0.2) is 13.2 Å². The van der Waals surface area contributed by atoms with E-state index in [0.29, 0.717) is 22.9 Å². The third-order valence-electron chi connectivity index (χ3n) is 4.96. The zero-order chi connectivity index (χ0) is 22.6. The van der Waals surface area contributed by atoms with Gasteiger partial charge in [0, 0.05) is 16.3 Å². The molecular weight excluding hydrogens is 456 g/mol. The Kier molecular flexibility index (Phi) is 7.11. The molecule has 5 nitrogen and oxygen atoms in total. The van der Waals surface area contributed by atoms with Gasteiger partial charge < -0.3 is 10.2 Å². The molecule has 0 heterocycles. The van der Waals surface area contributed by atoms with E-state index in [2.05, 4.69) is 0 Å². The Morgan fingerprint density at radius 3 is 2.19 bits per heavy atom. The van der Waals surface area contributed by atoms with E-state index in [1.807, 2.05) is 6.07 Å². The predicted molar refractivity (Wildman–Crippen MR) is 124 cm³/mol. The normalized spacial score (nSPS) is 14.5. The molecule has 0 aliphatic heterocycles. The summed E-state index contributed by atoms with van der Waals surface area (Å²) in [5.74, 6) is -1.49. The van der Waals surface area contributed by atoms with Crippen molar-refractivity contribution in [2.45, 2.75) is 27.8 Å². The van der Waals surface area contributed by atoms with Gasteiger partial charge in [0.2, 0.25) is 4.93 Å². The van der Waals surface area contributed by atoms with Gasteiger partial charge >= 0.3 is 5.97 Å². The van der Waals surface area contributed by atoms with E-state index in [4.69, 9.17) is 11.6 Å². The van der Waals surface area contributed by atoms with Crippen molar-refractivity contribution in [2.24, 2.45) is 0 Å². The number of carboxylic acid groups (broad SMARTS) is 1. The maximum Gasteiger partial charge on any atom is 0.347 e. The first-order valence-electron chi connectivity index (χ1n) is 9.39. The van der Waals surface area contributed by atoms with Gasteiger partial charge in [-0.2, -0.15) is 0 Å². The summed E-state index contributed by atoms with van der Waals surface area (Å²) in [6.45, 7) is 1.21. The molecule has 0 radical (unpaired) electrons. The monoisotopic (exact) mass is 476 g/mol. The van der Waals surface area contributed by atoms with Gasteiger partial charge in [0.15, 0.2) is 9.84 Å². The number of carboxylic acids is 1. The molecule has 0 saturated heterocycles. The number of rotatable bonds is 8. The molecule has 3 aromatic rings. The predicted octanol–water partition coefficient (Wildman–Crippen LogP) is 4.88. The van der Waals surface area contributed by atoms with E-state index in [1.54, 1.807) is 66.7 Å². The average molecular weight is 477 g/mol. The third kappa shape index (κ3) is 4.96. The smallest absolute Gasteiger partial charge is 0.347 e. The number of hydrogen-bond acceptors (Lipinski definition) is 5. The van der Waals surface area contributed by atoms with Gasteiger partial charge in [-0.15, -0.1) is 11.8 Å². The van der Waals surface area contributed by atoms with E-state index >= 15 is 0 Å². The van der Waals surface area contributed by atoms with Crippen molar-refractivity contribution in [3.8, 4) is 11.1 Å². The van der Waals surface area contributed by atoms with Crippen molar-refractivity contribution in [2.75, 3.05) is 0 Å². The number of thioether (sulfide) groups is 1. The average Bonchev–Trinajstić information content (AvgIpc) is 2.78. The molecule has 31 heavy (non-hydrogen) atoms. The standard InChI is InChI=1S/C23H21ClO5S2/c1-16(23(27,22(25)26)30-15-17-8-4-2-5-9-17)31(28,29)21-14-19(24)12-13-20(21)18-10-6-3-7-11-18/h2-14,16,27H,15H2,1H3,(H,25,26). The Labute approximate surface area is 190 Å². The van der Waals surface area contributed by atoms with Crippen LogP contribution in [0.4, 0.5) is 0 Å². The van der Waals surface area contributed by atoms with Crippen LogP contribution >= 0.6 is 23.4 Å². The molecule has 0 saturated carbocycles. The zero-order valence-corrected chi connectivity index (χ0v) is 19.0. The van der Waals surface area contributed by atoms with Crippen LogP contribution in [-0.2, 0) is 20.4 Å². The largest absolute Gasteiger partial charge is 0.478 e. The van der Waals surface area contributed by atoms with Crippen LogP contribution in [0.1, 0.15) is 12.5 Å². The summed E-state index contributed by atoms with van der Waals surface area (Å²) in [6, 6.07) is 22.2. The molecule has 162 valence electrons. The van der Waals surface area contributed by atoms with Crippen LogP contribution in [0.5, 0.6) is 0 Å². The molecule has 0 bridgehead atoms. The molecule has 0 aromatic heterocycles. The second-order valence-electron chi connectivity index (χ2n) is 6.97. The van der Waals surface area contributed by atoms with E-state index in [-0.39, 0.29) is 15.7 Å². The molecule has 0 fully saturated rings. The van der Waals surface area contributed by atoms with Crippen LogP contribution < -0.4 is 0 Å². The highest BCUT2D eigenvalue weighted by atomic mass is 35.5. The summed E-state index contributed by atoms with van der Waals surface area (Å²) in [6.07, 6.45) is 0. The SMILES string of the molecule is CC(C(O)(SCc1ccccc1)C(=O)O)S(=O)(=O)c1cc(Cl)ccc1-c1ccccc1. The Morgan fingerprint density at radius 2 is 1.61 bits per heavy atom. The van der Waals surface area contributed by atoms with Gasteiger partial charge in [0.05, 0.1) is 4.90 Å². The van der Waals surface area contributed by atoms with E-state index in [1.165, 1.54) is 13.0 Å². The Balaban J connectivity index is 2.03. The molecule has 0 aliphatic rings.